The maximum absolute atomic E-state index is 13.0. The second-order valence-electron chi connectivity index (χ2n) is 5.86. The largest absolute Gasteiger partial charge is 0.482 e. The van der Waals surface area contributed by atoms with Gasteiger partial charge in [0.1, 0.15) is 11.6 Å². The standard InChI is InChI=1S/C19H20FNO4/c1-12(14-3-5-15(20)6-4-14)10-18(22)21-17-8-7-16(9-13(17)2)25-11-19(23)24/h3-9,12H,10-11H2,1-2H3,(H,21,22)(H,23,24). The van der Waals surface area contributed by atoms with Crippen molar-refractivity contribution in [1.29, 1.82) is 0 Å². The molecule has 0 radical (unpaired) electrons. The molecule has 1 unspecified atom stereocenters. The van der Waals surface area contributed by atoms with E-state index in [-0.39, 0.29) is 24.1 Å². The van der Waals surface area contributed by atoms with E-state index in [9.17, 15) is 14.0 Å². The van der Waals surface area contributed by atoms with E-state index in [0.29, 0.717) is 11.4 Å². The Morgan fingerprint density at radius 3 is 2.48 bits per heavy atom. The number of aliphatic carboxylic acids is 1. The Kier molecular flexibility index (Phi) is 6.11. The normalized spacial score (nSPS) is 11.6. The number of nitrogens with one attached hydrogen (secondary N) is 1. The molecule has 0 saturated carbocycles. The number of amides is 1. The summed E-state index contributed by atoms with van der Waals surface area (Å²) in [6, 6.07) is 11.1. The van der Waals surface area contributed by atoms with Crippen LogP contribution in [-0.2, 0) is 9.59 Å². The molecule has 0 saturated heterocycles. The number of aryl methyl sites for hydroxylation is 1. The minimum absolute atomic E-state index is 0.0425. The van der Waals surface area contributed by atoms with Crippen molar-refractivity contribution in [2.75, 3.05) is 11.9 Å². The first-order chi connectivity index (χ1) is 11.8. The number of hydrogen-bond donors (Lipinski definition) is 2. The third kappa shape index (κ3) is 5.60. The van der Waals surface area contributed by atoms with Crippen LogP contribution in [0.2, 0.25) is 0 Å². The molecule has 2 rings (SSSR count). The fourth-order valence-corrected chi connectivity index (χ4v) is 2.40. The van der Waals surface area contributed by atoms with E-state index in [1.807, 2.05) is 6.92 Å². The summed E-state index contributed by atoms with van der Waals surface area (Å²) >= 11 is 0. The van der Waals surface area contributed by atoms with Crippen LogP contribution in [0.15, 0.2) is 42.5 Å². The zero-order chi connectivity index (χ0) is 18.4. The average molecular weight is 345 g/mol. The molecule has 0 spiro atoms. The molecule has 0 aliphatic heterocycles. The first-order valence-electron chi connectivity index (χ1n) is 7.85. The topological polar surface area (TPSA) is 75.6 Å². The molecular weight excluding hydrogens is 325 g/mol. The van der Waals surface area contributed by atoms with E-state index in [1.165, 1.54) is 12.1 Å². The van der Waals surface area contributed by atoms with Crippen LogP contribution in [-0.4, -0.2) is 23.6 Å². The lowest BCUT2D eigenvalue weighted by molar-refractivity contribution is -0.139. The highest BCUT2D eigenvalue weighted by Gasteiger charge is 2.13. The molecule has 0 fully saturated rings. The highest BCUT2D eigenvalue weighted by Crippen LogP contribution is 2.24. The third-order valence-corrected chi connectivity index (χ3v) is 3.76. The van der Waals surface area contributed by atoms with Gasteiger partial charge in [0.15, 0.2) is 6.61 Å². The summed E-state index contributed by atoms with van der Waals surface area (Å²) in [6.07, 6.45) is 0.266. The summed E-state index contributed by atoms with van der Waals surface area (Å²) in [5, 5.41) is 11.4. The van der Waals surface area contributed by atoms with Gasteiger partial charge in [0, 0.05) is 12.1 Å². The molecule has 132 valence electrons. The molecule has 5 nitrogen and oxygen atoms in total. The number of carbonyl (C=O) groups excluding carboxylic acids is 1. The molecule has 2 aromatic rings. The lowest BCUT2D eigenvalue weighted by atomic mass is 9.97. The number of hydrogen-bond acceptors (Lipinski definition) is 3. The SMILES string of the molecule is Cc1cc(OCC(=O)O)ccc1NC(=O)CC(C)c1ccc(F)cc1. The molecule has 0 aromatic heterocycles. The Labute approximate surface area is 145 Å². The quantitative estimate of drug-likeness (QED) is 0.802. The fourth-order valence-electron chi connectivity index (χ4n) is 2.40. The number of carboxylic acids is 1. The van der Waals surface area contributed by atoms with Gasteiger partial charge in [0.05, 0.1) is 0 Å². The maximum atomic E-state index is 13.0. The van der Waals surface area contributed by atoms with Crippen molar-refractivity contribution in [1.82, 2.24) is 0 Å². The molecule has 2 aromatic carbocycles. The summed E-state index contributed by atoms with van der Waals surface area (Å²) in [5.41, 5.74) is 2.30. The zero-order valence-electron chi connectivity index (χ0n) is 14.1. The Hall–Kier alpha value is -2.89. The zero-order valence-corrected chi connectivity index (χ0v) is 14.1. The molecule has 1 atom stereocenters. The smallest absolute Gasteiger partial charge is 0.341 e. The molecule has 0 aliphatic carbocycles. The molecule has 25 heavy (non-hydrogen) atoms. The van der Waals surface area contributed by atoms with Crippen molar-refractivity contribution in [3.05, 3.63) is 59.4 Å². The van der Waals surface area contributed by atoms with Gasteiger partial charge in [0.2, 0.25) is 5.91 Å². The van der Waals surface area contributed by atoms with Crippen LogP contribution in [0, 0.1) is 12.7 Å². The average Bonchev–Trinajstić information content (AvgIpc) is 2.55. The first-order valence-corrected chi connectivity index (χ1v) is 7.85. The van der Waals surface area contributed by atoms with Crippen molar-refractivity contribution in [3.8, 4) is 5.75 Å². The predicted molar refractivity (Wildman–Crippen MR) is 92.4 cm³/mol. The fraction of sp³-hybridized carbons (Fsp3) is 0.263. The van der Waals surface area contributed by atoms with Gasteiger partial charge in [-0.25, -0.2) is 9.18 Å². The Morgan fingerprint density at radius 1 is 1.20 bits per heavy atom. The van der Waals surface area contributed by atoms with E-state index in [0.717, 1.165) is 11.1 Å². The number of anilines is 1. The monoisotopic (exact) mass is 345 g/mol. The van der Waals surface area contributed by atoms with Gasteiger partial charge >= 0.3 is 5.97 Å². The predicted octanol–water partition coefficient (Wildman–Crippen LogP) is 3.73. The second kappa shape index (κ2) is 8.28. The summed E-state index contributed by atoms with van der Waals surface area (Å²) < 4.78 is 18.1. The van der Waals surface area contributed by atoms with Crippen LogP contribution < -0.4 is 10.1 Å². The summed E-state index contributed by atoms with van der Waals surface area (Å²) in [5.74, 6) is -1.12. The number of carboxylic acid groups (broad SMARTS) is 1. The van der Waals surface area contributed by atoms with Gasteiger partial charge in [-0.3, -0.25) is 4.79 Å². The number of ether oxygens (including phenoxy) is 1. The Bertz CT molecular complexity index is 759. The van der Waals surface area contributed by atoms with Gasteiger partial charge in [-0.2, -0.15) is 0 Å². The first kappa shape index (κ1) is 18.4. The van der Waals surface area contributed by atoms with Gasteiger partial charge in [-0.05, 0) is 54.3 Å². The summed E-state index contributed by atoms with van der Waals surface area (Å²) in [7, 11) is 0. The summed E-state index contributed by atoms with van der Waals surface area (Å²) in [4.78, 5) is 22.7. The lowest BCUT2D eigenvalue weighted by Crippen LogP contribution is -2.15. The third-order valence-electron chi connectivity index (χ3n) is 3.76. The van der Waals surface area contributed by atoms with Crippen LogP contribution in [0.4, 0.5) is 10.1 Å². The van der Waals surface area contributed by atoms with Gasteiger partial charge in [-0.1, -0.05) is 19.1 Å². The highest BCUT2D eigenvalue weighted by atomic mass is 19.1. The van der Waals surface area contributed by atoms with Gasteiger partial charge in [0.25, 0.3) is 0 Å². The van der Waals surface area contributed by atoms with Crippen molar-refractivity contribution in [2.24, 2.45) is 0 Å². The molecular formula is C19H20FNO4. The minimum atomic E-state index is -1.05. The Morgan fingerprint density at radius 2 is 1.88 bits per heavy atom. The van der Waals surface area contributed by atoms with E-state index in [4.69, 9.17) is 9.84 Å². The maximum Gasteiger partial charge on any atom is 0.341 e. The van der Waals surface area contributed by atoms with Crippen LogP contribution >= 0.6 is 0 Å². The molecule has 6 heteroatoms. The van der Waals surface area contributed by atoms with Crippen molar-refractivity contribution in [2.45, 2.75) is 26.2 Å². The number of benzene rings is 2. The van der Waals surface area contributed by atoms with Crippen LogP contribution in [0.3, 0.4) is 0 Å². The number of halogens is 1. The van der Waals surface area contributed by atoms with E-state index < -0.39 is 12.6 Å². The molecule has 0 heterocycles. The van der Waals surface area contributed by atoms with E-state index in [1.54, 1.807) is 37.3 Å². The summed E-state index contributed by atoms with van der Waals surface area (Å²) in [6.45, 7) is 3.29. The van der Waals surface area contributed by atoms with Crippen molar-refractivity contribution < 1.29 is 23.8 Å². The van der Waals surface area contributed by atoms with Gasteiger partial charge in [-0.15, -0.1) is 0 Å². The van der Waals surface area contributed by atoms with Crippen molar-refractivity contribution >= 4 is 17.6 Å². The van der Waals surface area contributed by atoms with E-state index >= 15 is 0 Å². The molecule has 0 aliphatic rings. The Balaban J connectivity index is 1.95. The molecule has 2 N–H and O–H groups in total. The number of carbonyl (C=O) groups is 2. The number of rotatable bonds is 7. The minimum Gasteiger partial charge on any atom is -0.482 e. The molecule has 0 bridgehead atoms. The van der Waals surface area contributed by atoms with Crippen LogP contribution in [0.5, 0.6) is 5.75 Å². The second-order valence-corrected chi connectivity index (χ2v) is 5.86. The van der Waals surface area contributed by atoms with E-state index in [2.05, 4.69) is 5.32 Å². The molecule has 1 amide bonds. The van der Waals surface area contributed by atoms with Crippen LogP contribution in [0.25, 0.3) is 0 Å². The van der Waals surface area contributed by atoms with Gasteiger partial charge < -0.3 is 15.2 Å². The van der Waals surface area contributed by atoms with Crippen LogP contribution in [0.1, 0.15) is 30.4 Å². The van der Waals surface area contributed by atoms with Crippen molar-refractivity contribution in [3.63, 3.8) is 0 Å². The highest BCUT2D eigenvalue weighted by molar-refractivity contribution is 5.92. The lowest BCUT2D eigenvalue weighted by Gasteiger charge is -2.14.